The molecule has 2 rings (SSSR count). The predicted octanol–water partition coefficient (Wildman–Crippen LogP) is 2.38. The number of aromatic nitrogens is 1. The first kappa shape index (κ1) is 11.0. The lowest BCUT2D eigenvalue weighted by atomic mass is 10.0. The zero-order valence-electron chi connectivity index (χ0n) is 9.13. The molecule has 0 saturated heterocycles. The molecule has 0 saturated carbocycles. The van der Waals surface area contributed by atoms with E-state index in [9.17, 15) is 4.79 Å². The molecule has 1 heterocycles. The number of hydrogen-bond acceptors (Lipinski definition) is 3. The van der Waals surface area contributed by atoms with Crippen LogP contribution in [0.5, 0.6) is 0 Å². The normalized spacial score (nSPS) is 9.59. The highest BCUT2D eigenvalue weighted by Crippen LogP contribution is 2.10. The summed E-state index contributed by atoms with van der Waals surface area (Å²) < 4.78 is 0. The van der Waals surface area contributed by atoms with Gasteiger partial charge in [-0.1, -0.05) is 30.3 Å². The molecule has 3 nitrogen and oxygen atoms in total. The number of rotatable bonds is 3. The summed E-state index contributed by atoms with van der Waals surface area (Å²) in [5, 5.41) is 8.90. The molecule has 0 unspecified atom stereocenters. The molecule has 0 fully saturated rings. The second-order valence-corrected chi connectivity index (χ2v) is 3.61. The van der Waals surface area contributed by atoms with E-state index in [0.29, 0.717) is 11.1 Å². The second kappa shape index (κ2) is 5.04. The third kappa shape index (κ3) is 2.56. The molecule has 0 radical (unpaired) electrons. The minimum atomic E-state index is 0.00769. The van der Waals surface area contributed by atoms with Crippen LogP contribution in [0.1, 0.15) is 21.5 Å². The van der Waals surface area contributed by atoms with Gasteiger partial charge in [0.05, 0.1) is 5.56 Å². The number of pyridine rings is 1. The number of nitriles is 1. The van der Waals surface area contributed by atoms with Crippen molar-refractivity contribution in [2.24, 2.45) is 0 Å². The van der Waals surface area contributed by atoms with Crippen molar-refractivity contribution < 1.29 is 4.79 Å². The first-order valence-electron chi connectivity index (χ1n) is 5.22. The Morgan fingerprint density at radius 3 is 2.71 bits per heavy atom. The van der Waals surface area contributed by atoms with E-state index in [-0.39, 0.29) is 12.2 Å². The smallest absolute Gasteiger partial charge is 0.167 e. The van der Waals surface area contributed by atoms with Gasteiger partial charge in [-0.15, -0.1) is 0 Å². The maximum absolute atomic E-state index is 12.0. The maximum Gasteiger partial charge on any atom is 0.167 e. The van der Waals surface area contributed by atoms with Crippen LogP contribution < -0.4 is 0 Å². The van der Waals surface area contributed by atoms with Crippen LogP contribution in [0.15, 0.2) is 48.8 Å². The van der Waals surface area contributed by atoms with Crippen LogP contribution in [0.4, 0.5) is 0 Å². The third-order valence-electron chi connectivity index (χ3n) is 2.48. The summed E-state index contributed by atoms with van der Waals surface area (Å²) in [5.74, 6) is 0.00769. The molecule has 0 atom stereocenters. The SMILES string of the molecule is N#Cc1cnccc1CC(=O)c1ccccc1. The minimum Gasteiger partial charge on any atom is -0.294 e. The molecular formula is C14H10N2O. The van der Waals surface area contributed by atoms with Crippen LogP contribution in [0.2, 0.25) is 0 Å². The summed E-state index contributed by atoms with van der Waals surface area (Å²) in [6.07, 6.45) is 3.30. The molecule has 0 aliphatic heterocycles. The van der Waals surface area contributed by atoms with Crippen LogP contribution in [0.25, 0.3) is 0 Å². The summed E-state index contributed by atoms with van der Waals surface area (Å²) in [7, 11) is 0. The summed E-state index contributed by atoms with van der Waals surface area (Å²) in [4.78, 5) is 15.8. The Labute approximate surface area is 99.4 Å². The number of hydrogen-bond donors (Lipinski definition) is 0. The van der Waals surface area contributed by atoms with Crippen molar-refractivity contribution in [2.45, 2.75) is 6.42 Å². The molecule has 0 amide bonds. The Bertz CT molecular complexity index is 570. The molecule has 0 bridgehead atoms. The van der Waals surface area contributed by atoms with E-state index in [0.717, 1.165) is 5.56 Å². The largest absolute Gasteiger partial charge is 0.294 e. The van der Waals surface area contributed by atoms with Gasteiger partial charge in [0.1, 0.15) is 6.07 Å². The van der Waals surface area contributed by atoms with E-state index < -0.39 is 0 Å². The molecule has 0 aliphatic carbocycles. The minimum absolute atomic E-state index is 0.00769. The third-order valence-corrected chi connectivity index (χ3v) is 2.48. The first-order chi connectivity index (χ1) is 8.31. The summed E-state index contributed by atoms with van der Waals surface area (Å²) in [6.45, 7) is 0. The summed E-state index contributed by atoms with van der Waals surface area (Å²) in [5.41, 5.74) is 1.83. The van der Waals surface area contributed by atoms with Crippen molar-refractivity contribution in [3.8, 4) is 6.07 Å². The molecule has 0 spiro atoms. The molecule has 82 valence electrons. The van der Waals surface area contributed by atoms with Crippen molar-refractivity contribution in [3.63, 3.8) is 0 Å². The number of carbonyl (C=O) groups excluding carboxylic acids is 1. The van der Waals surface area contributed by atoms with Gasteiger partial charge in [-0.2, -0.15) is 5.26 Å². The quantitative estimate of drug-likeness (QED) is 0.749. The fourth-order valence-corrected chi connectivity index (χ4v) is 1.58. The molecule has 17 heavy (non-hydrogen) atoms. The van der Waals surface area contributed by atoms with Gasteiger partial charge in [0, 0.05) is 24.4 Å². The molecule has 1 aromatic heterocycles. The highest BCUT2D eigenvalue weighted by molar-refractivity contribution is 5.97. The molecule has 0 N–H and O–H groups in total. The van der Waals surface area contributed by atoms with Gasteiger partial charge in [-0.3, -0.25) is 9.78 Å². The number of carbonyl (C=O) groups is 1. The maximum atomic E-state index is 12.0. The highest BCUT2D eigenvalue weighted by atomic mass is 16.1. The lowest BCUT2D eigenvalue weighted by Crippen LogP contribution is -2.05. The topological polar surface area (TPSA) is 53.8 Å². The van der Waals surface area contributed by atoms with Crippen molar-refractivity contribution in [2.75, 3.05) is 0 Å². The van der Waals surface area contributed by atoms with Crippen molar-refractivity contribution in [1.29, 1.82) is 5.26 Å². The molecule has 1 aromatic carbocycles. The Morgan fingerprint density at radius 1 is 1.24 bits per heavy atom. The number of ketones is 1. The standard InChI is InChI=1S/C14H10N2O/c15-9-13-10-16-7-6-12(13)8-14(17)11-4-2-1-3-5-11/h1-7,10H,8H2. The second-order valence-electron chi connectivity index (χ2n) is 3.61. The summed E-state index contributed by atoms with van der Waals surface area (Å²) in [6, 6.07) is 12.8. The number of benzene rings is 1. The van der Waals surface area contributed by atoms with Crippen LogP contribution in [0.3, 0.4) is 0 Å². The Balaban J connectivity index is 2.23. The van der Waals surface area contributed by atoms with E-state index in [1.54, 1.807) is 24.4 Å². The molecule has 2 aromatic rings. The molecular weight excluding hydrogens is 212 g/mol. The van der Waals surface area contributed by atoms with Gasteiger partial charge in [0.15, 0.2) is 5.78 Å². The fourth-order valence-electron chi connectivity index (χ4n) is 1.58. The van der Waals surface area contributed by atoms with Gasteiger partial charge in [0.2, 0.25) is 0 Å². The monoisotopic (exact) mass is 222 g/mol. The lowest BCUT2D eigenvalue weighted by Gasteiger charge is -2.02. The van der Waals surface area contributed by atoms with Crippen molar-refractivity contribution in [3.05, 3.63) is 65.5 Å². The fraction of sp³-hybridized carbons (Fsp3) is 0.0714. The van der Waals surface area contributed by atoms with E-state index >= 15 is 0 Å². The summed E-state index contributed by atoms with van der Waals surface area (Å²) >= 11 is 0. The van der Waals surface area contributed by atoms with E-state index in [2.05, 4.69) is 4.98 Å². The molecule has 3 heteroatoms. The lowest BCUT2D eigenvalue weighted by molar-refractivity contribution is 0.0993. The Hall–Kier alpha value is -2.47. The van der Waals surface area contributed by atoms with E-state index in [1.807, 2.05) is 24.3 Å². The van der Waals surface area contributed by atoms with Gasteiger partial charge in [-0.05, 0) is 11.6 Å². The van der Waals surface area contributed by atoms with Crippen LogP contribution in [0, 0.1) is 11.3 Å². The average Bonchev–Trinajstić information content (AvgIpc) is 2.40. The number of nitrogens with zero attached hydrogens (tertiary/aromatic N) is 2. The average molecular weight is 222 g/mol. The predicted molar refractivity (Wildman–Crippen MR) is 63.4 cm³/mol. The van der Waals surface area contributed by atoms with Crippen LogP contribution in [-0.2, 0) is 6.42 Å². The van der Waals surface area contributed by atoms with Gasteiger partial charge in [0.25, 0.3) is 0 Å². The Morgan fingerprint density at radius 2 is 2.00 bits per heavy atom. The van der Waals surface area contributed by atoms with Gasteiger partial charge >= 0.3 is 0 Å². The Kier molecular flexibility index (Phi) is 3.27. The highest BCUT2D eigenvalue weighted by Gasteiger charge is 2.09. The van der Waals surface area contributed by atoms with Gasteiger partial charge < -0.3 is 0 Å². The van der Waals surface area contributed by atoms with Crippen LogP contribution >= 0.6 is 0 Å². The number of Topliss-reactive ketones (excluding diaryl/α,β-unsaturated/α-hetero) is 1. The van der Waals surface area contributed by atoms with E-state index in [1.165, 1.54) is 6.20 Å². The zero-order chi connectivity index (χ0) is 12.1. The molecule has 0 aliphatic rings. The zero-order valence-corrected chi connectivity index (χ0v) is 9.13. The first-order valence-corrected chi connectivity index (χ1v) is 5.22. The van der Waals surface area contributed by atoms with Crippen molar-refractivity contribution in [1.82, 2.24) is 4.98 Å². The van der Waals surface area contributed by atoms with Gasteiger partial charge in [-0.25, -0.2) is 0 Å². The van der Waals surface area contributed by atoms with Crippen molar-refractivity contribution >= 4 is 5.78 Å². The van der Waals surface area contributed by atoms with Crippen LogP contribution in [-0.4, -0.2) is 10.8 Å². The van der Waals surface area contributed by atoms with E-state index in [4.69, 9.17) is 5.26 Å².